The molecule has 0 spiro atoms. The summed E-state index contributed by atoms with van der Waals surface area (Å²) in [6.07, 6.45) is 4.95. The van der Waals surface area contributed by atoms with Crippen LogP contribution in [0.3, 0.4) is 0 Å². The summed E-state index contributed by atoms with van der Waals surface area (Å²) in [6.45, 7) is 5.66. The first-order valence-electron chi connectivity index (χ1n) is 12.0. The Bertz CT molecular complexity index is 1470. The van der Waals surface area contributed by atoms with Crippen LogP contribution in [0.5, 0.6) is 0 Å². The van der Waals surface area contributed by atoms with Crippen LogP contribution in [-0.2, 0) is 16.6 Å². The Balaban J connectivity index is 1.36. The molecule has 9 nitrogen and oxygen atoms in total. The van der Waals surface area contributed by atoms with Gasteiger partial charge in [0.15, 0.2) is 0 Å². The van der Waals surface area contributed by atoms with Gasteiger partial charge in [-0.15, -0.1) is 0 Å². The number of nitrogens with one attached hydrogen (secondary N) is 2. The van der Waals surface area contributed by atoms with Crippen LogP contribution in [0.25, 0.3) is 11.0 Å². The number of nitrogens with zero attached hydrogens (tertiary/aromatic N) is 5. The topological polar surface area (TPSA) is 95.4 Å². The fourth-order valence-corrected chi connectivity index (χ4v) is 5.06. The number of aromatic nitrogens is 3. The number of benzene rings is 2. The van der Waals surface area contributed by atoms with E-state index >= 15 is 0 Å². The first-order valence-corrected chi connectivity index (χ1v) is 13.8. The van der Waals surface area contributed by atoms with Crippen molar-refractivity contribution in [2.24, 2.45) is 0 Å². The van der Waals surface area contributed by atoms with Crippen molar-refractivity contribution in [3.63, 3.8) is 0 Å². The number of piperazine rings is 1. The van der Waals surface area contributed by atoms with Gasteiger partial charge < -0.3 is 20.1 Å². The van der Waals surface area contributed by atoms with Gasteiger partial charge in [-0.3, -0.25) is 4.31 Å². The third-order valence-corrected chi connectivity index (χ3v) is 7.72. The predicted octanol–water partition coefficient (Wildman–Crippen LogP) is 3.42. The molecule has 0 bridgehead atoms. The summed E-state index contributed by atoms with van der Waals surface area (Å²) in [6, 6.07) is 18.3. The van der Waals surface area contributed by atoms with Crippen LogP contribution >= 0.6 is 0 Å². The highest BCUT2D eigenvalue weighted by molar-refractivity contribution is 7.92. The van der Waals surface area contributed by atoms with Crippen molar-refractivity contribution < 1.29 is 8.42 Å². The maximum atomic E-state index is 12.1. The normalized spacial score (nSPS) is 16.3. The number of fused-ring (bicyclic) bond motifs is 1. The lowest BCUT2D eigenvalue weighted by atomic mass is 10.2. The zero-order chi connectivity index (χ0) is 25.3. The summed E-state index contributed by atoms with van der Waals surface area (Å²) < 4.78 is 27.6. The van der Waals surface area contributed by atoms with Crippen LogP contribution in [0.4, 0.5) is 23.0 Å². The molecule has 1 atom stereocenters. The highest BCUT2D eigenvalue weighted by Crippen LogP contribution is 2.25. The monoisotopic (exact) mass is 505 g/mol. The molecular weight excluding hydrogens is 474 g/mol. The molecule has 188 valence electrons. The van der Waals surface area contributed by atoms with Gasteiger partial charge in [-0.25, -0.2) is 13.4 Å². The Morgan fingerprint density at radius 3 is 2.67 bits per heavy atom. The number of rotatable bonds is 7. The second-order valence-electron chi connectivity index (χ2n) is 9.25. The lowest BCUT2D eigenvalue weighted by Crippen LogP contribution is -2.49. The lowest BCUT2D eigenvalue weighted by Gasteiger charge is -2.33. The maximum Gasteiger partial charge on any atom is 0.232 e. The second-order valence-corrected chi connectivity index (χ2v) is 11.3. The van der Waals surface area contributed by atoms with Gasteiger partial charge in [0.1, 0.15) is 5.65 Å². The van der Waals surface area contributed by atoms with Crippen LogP contribution in [0, 0.1) is 0 Å². The van der Waals surface area contributed by atoms with Gasteiger partial charge >= 0.3 is 0 Å². The van der Waals surface area contributed by atoms with Crippen molar-refractivity contribution in [3.05, 3.63) is 72.6 Å². The Hall–Kier alpha value is -3.63. The Morgan fingerprint density at radius 1 is 1.14 bits per heavy atom. The van der Waals surface area contributed by atoms with E-state index in [1.807, 2.05) is 53.2 Å². The molecule has 5 rings (SSSR count). The van der Waals surface area contributed by atoms with E-state index in [1.54, 1.807) is 13.2 Å². The minimum Gasteiger partial charge on any atom is -0.369 e. The molecule has 0 saturated carbocycles. The van der Waals surface area contributed by atoms with Gasteiger partial charge in [-0.1, -0.05) is 18.2 Å². The van der Waals surface area contributed by atoms with E-state index in [9.17, 15) is 8.42 Å². The molecule has 0 amide bonds. The van der Waals surface area contributed by atoms with Crippen molar-refractivity contribution in [3.8, 4) is 0 Å². The highest BCUT2D eigenvalue weighted by atomic mass is 32.2. The van der Waals surface area contributed by atoms with E-state index in [2.05, 4.69) is 39.6 Å². The number of para-hydroxylation sites is 1. The zero-order valence-electron chi connectivity index (χ0n) is 20.7. The summed E-state index contributed by atoms with van der Waals surface area (Å²) in [5.74, 6) is 0.507. The third kappa shape index (κ3) is 5.14. The highest BCUT2D eigenvalue weighted by Gasteiger charge is 2.17. The molecule has 10 heteroatoms. The first kappa shape index (κ1) is 24.1. The molecule has 4 aromatic rings. The molecule has 1 aliphatic rings. The van der Waals surface area contributed by atoms with Gasteiger partial charge in [-0.05, 0) is 48.9 Å². The number of sulfonamides is 1. The standard InChI is InChI=1S/C26H31N7O2S/c1-19-17-32(15-13-27-19)23-10-8-22(9-11-23)29-26-28-16-20-12-14-33(25(20)30-26)18-21-6-4-5-7-24(21)31(2)36(3,34)35/h4-12,14,16,19,27H,13,15,17-18H2,1-3H3,(H,28,29,30)/t19-/m0/s1. The van der Waals surface area contributed by atoms with Crippen molar-refractivity contribution in [1.29, 1.82) is 0 Å². The molecule has 0 aliphatic carbocycles. The molecule has 36 heavy (non-hydrogen) atoms. The second kappa shape index (κ2) is 9.79. The van der Waals surface area contributed by atoms with Gasteiger partial charge in [-0.2, -0.15) is 4.98 Å². The Kier molecular flexibility index (Phi) is 6.55. The van der Waals surface area contributed by atoms with Crippen LogP contribution in [-0.4, -0.2) is 61.9 Å². The van der Waals surface area contributed by atoms with Gasteiger partial charge in [0.05, 0.1) is 18.5 Å². The molecule has 1 fully saturated rings. The Morgan fingerprint density at radius 2 is 1.92 bits per heavy atom. The van der Waals surface area contributed by atoms with Gasteiger partial charge in [0, 0.05) is 61.9 Å². The first-order chi connectivity index (χ1) is 17.3. The summed E-state index contributed by atoms with van der Waals surface area (Å²) in [4.78, 5) is 11.6. The molecule has 2 N–H and O–H groups in total. The van der Waals surface area contributed by atoms with Crippen LogP contribution in [0.1, 0.15) is 12.5 Å². The molecule has 0 unspecified atom stereocenters. The van der Waals surface area contributed by atoms with Crippen molar-refractivity contribution >= 4 is 44.1 Å². The van der Waals surface area contributed by atoms with E-state index in [0.717, 1.165) is 41.9 Å². The number of hydrogen-bond acceptors (Lipinski definition) is 7. The Labute approximate surface area is 211 Å². The average Bonchev–Trinajstić information content (AvgIpc) is 3.26. The molecule has 1 saturated heterocycles. The molecule has 3 heterocycles. The summed E-state index contributed by atoms with van der Waals surface area (Å²) in [7, 11) is -1.80. The molecular formula is C26H31N7O2S. The molecule has 0 radical (unpaired) electrons. The molecule has 1 aliphatic heterocycles. The molecule has 2 aromatic carbocycles. The van der Waals surface area contributed by atoms with E-state index in [0.29, 0.717) is 24.2 Å². The minimum absolute atomic E-state index is 0.478. The van der Waals surface area contributed by atoms with E-state index in [4.69, 9.17) is 4.98 Å². The SMILES string of the molecule is C[C@H]1CN(c2ccc(Nc3ncc4ccn(Cc5ccccc5N(C)S(C)(=O)=O)c4n3)cc2)CCN1. The fourth-order valence-electron chi connectivity index (χ4n) is 4.52. The van der Waals surface area contributed by atoms with Crippen molar-refractivity contribution in [2.45, 2.75) is 19.5 Å². The average molecular weight is 506 g/mol. The largest absolute Gasteiger partial charge is 0.369 e. The van der Waals surface area contributed by atoms with E-state index in [1.165, 1.54) is 16.2 Å². The van der Waals surface area contributed by atoms with Crippen molar-refractivity contribution in [1.82, 2.24) is 19.9 Å². The lowest BCUT2D eigenvalue weighted by molar-refractivity contribution is 0.485. The third-order valence-electron chi connectivity index (χ3n) is 6.53. The van der Waals surface area contributed by atoms with Crippen LogP contribution in [0.15, 0.2) is 67.0 Å². The van der Waals surface area contributed by atoms with Crippen LogP contribution in [0.2, 0.25) is 0 Å². The smallest absolute Gasteiger partial charge is 0.232 e. The van der Waals surface area contributed by atoms with Gasteiger partial charge in [0.25, 0.3) is 0 Å². The summed E-state index contributed by atoms with van der Waals surface area (Å²) in [5, 5.41) is 7.70. The summed E-state index contributed by atoms with van der Waals surface area (Å²) >= 11 is 0. The number of anilines is 4. The van der Waals surface area contributed by atoms with Crippen molar-refractivity contribution in [2.75, 3.05) is 47.5 Å². The zero-order valence-corrected chi connectivity index (χ0v) is 21.5. The van der Waals surface area contributed by atoms with E-state index in [-0.39, 0.29) is 0 Å². The molecule has 2 aromatic heterocycles. The van der Waals surface area contributed by atoms with Crippen LogP contribution < -0.4 is 19.8 Å². The number of hydrogen-bond donors (Lipinski definition) is 2. The summed E-state index contributed by atoms with van der Waals surface area (Å²) in [5.41, 5.74) is 4.43. The van der Waals surface area contributed by atoms with E-state index < -0.39 is 10.0 Å². The minimum atomic E-state index is -3.37. The predicted molar refractivity (Wildman–Crippen MR) is 146 cm³/mol. The van der Waals surface area contributed by atoms with Gasteiger partial charge in [0.2, 0.25) is 16.0 Å². The quantitative estimate of drug-likeness (QED) is 0.397. The fraction of sp³-hybridized carbons (Fsp3) is 0.308. The maximum absolute atomic E-state index is 12.1.